The fraction of sp³-hybridized carbons (Fsp3) is 0. The highest BCUT2D eigenvalue weighted by molar-refractivity contribution is 5.75. The summed E-state index contributed by atoms with van der Waals surface area (Å²) >= 11 is 0. The van der Waals surface area contributed by atoms with Crippen molar-refractivity contribution in [2.45, 2.75) is 0 Å². The van der Waals surface area contributed by atoms with Crippen molar-refractivity contribution in [1.82, 2.24) is 0 Å². The van der Waals surface area contributed by atoms with Crippen molar-refractivity contribution in [3.63, 3.8) is 0 Å². The first-order valence-electron chi connectivity index (χ1n) is 2.20. The molecule has 1 aromatic rings. The van der Waals surface area contributed by atoms with Crippen LogP contribution in [0.25, 0.3) is 0 Å². The van der Waals surface area contributed by atoms with Gasteiger partial charge >= 0.3 is 0 Å². The molecule has 0 saturated carbocycles. The Hall–Kier alpha value is -0.214. The van der Waals surface area contributed by atoms with Gasteiger partial charge in [-0.3, -0.25) is 0 Å². The first-order chi connectivity index (χ1) is 3.39. The molecule has 2 N–H and O–H groups in total. The van der Waals surface area contributed by atoms with Gasteiger partial charge in [0.1, 0.15) is 0 Å². The van der Waals surface area contributed by atoms with Crippen LogP contribution in [0.1, 0.15) is 0 Å². The van der Waals surface area contributed by atoms with Crippen molar-refractivity contribution in [2.24, 2.45) is 0 Å². The maximum absolute atomic E-state index is 5.36. The topological polar surface area (TPSA) is 26.0 Å². The summed E-state index contributed by atoms with van der Waals surface area (Å²) in [7, 11) is 0. The van der Waals surface area contributed by atoms with E-state index in [0.717, 1.165) is 5.69 Å². The molecule has 0 spiro atoms. The molecule has 0 aliphatic heterocycles. The third-order valence-corrected chi connectivity index (χ3v) is 0.800. The molecule has 0 saturated heterocycles. The lowest BCUT2D eigenvalue weighted by atomic mass is 10.3. The molecule has 0 bridgehead atoms. The van der Waals surface area contributed by atoms with Gasteiger partial charge in [-0.25, -0.2) is 0 Å². The van der Waals surface area contributed by atoms with E-state index in [2.05, 4.69) is 0 Å². The Kier molecular flexibility index (Phi) is 3.65. The zero-order chi connectivity index (χ0) is 5.11. The molecule has 0 aliphatic carbocycles. The SMILES string of the molecule is Nc1ccccc1.[Mg]. The fourth-order valence-corrected chi connectivity index (χ4v) is 0.453. The minimum absolute atomic E-state index is 0. The molecular weight excluding hydrogens is 110 g/mol. The first-order valence-corrected chi connectivity index (χ1v) is 2.20. The van der Waals surface area contributed by atoms with Crippen LogP contribution < -0.4 is 5.73 Å². The van der Waals surface area contributed by atoms with E-state index in [1.807, 2.05) is 30.3 Å². The van der Waals surface area contributed by atoms with Crippen molar-refractivity contribution in [1.29, 1.82) is 0 Å². The van der Waals surface area contributed by atoms with Gasteiger partial charge in [-0.2, -0.15) is 0 Å². The Labute approximate surface area is 65.0 Å². The number of hydrogen-bond donors (Lipinski definition) is 1. The number of anilines is 1. The predicted octanol–water partition coefficient (Wildman–Crippen LogP) is 0.888. The lowest BCUT2D eigenvalue weighted by Gasteiger charge is -1.83. The summed E-state index contributed by atoms with van der Waals surface area (Å²) < 4.78 is 0. The number of nitrogen functional groups attached to an aromatic ring is 1. The van der Waals surface area contributed by atoms with E-state index in [-0.39, 0.29) is 23.1 Å². The van der Waals surface area contributed by atoms with Crippen molar-refractivity contribution in [2.75, 3.05) is 5.73 Å². The van der Waals surface area contributed by atoms with Gasteiger partial charge in [-0.1, -0.05) is 18.2 Å². The summed E-state index contributed by atoms with van der Waals surface area (Å²) in [5, 5.41) is 0. The second-order valence-electron chi connectivity index (χ2n) is 1.41. The van der Waals surface area contributed by atoms with Gasteiger partial charge in [0, 0.05) is 28.7 Å². The van der Waals surface area contributed by atoms with Gasteiger partial charge in [0.2, 0.25) is 0 Å². The number of nitrogens with two attached hydrogens (primary N) is 1. The molecule has 0 fully saturated rings. The summed E-state index contributed by atoms with van der Waals surface area (Å²) in [6.45, 7) is 0. The molecule has 1 aromatic carbocycles. The third kappa shape index (κ3) is 2.19. The predicted molar refractivity (Wildman–Crippen MR) is 36.6 cm³/mol. The maximum Gasteiger partial charge on any atom is 0.0313 e. The van der Waals surface area contributed by atoms with Crippen molar-refractivity contribution < 1.29 is 0 Å². The van der Waals surface area contributed by atoms with Gasteiger partial charge < -0.3 is 5.73 Å². The molecule has 2 radical (unpaired) electrons. The molecule has 8 heavy (non-hydrogen) atoms. The average molecular weight is 117 g/mol. The number of benzene rings is 1. The van der Waals surface area contributed by atoms with Crippen LogP contribution >= 0.6 is 0 Å². The first kappa shape index (κ1) is 7.79. The van der Waals surface area contributed by atoms with E-state index < -0.39 is 0 Å². The lowest BCUT2D eigenvalue weighted by molar-refractivity contribution is 1.69. The number of hydrogen-bond acceptors (Lipinski definition) is 1. The minimum atomic E-state index is 0. The van der Waals surface area contributed by atoms with E-state index in [4.69, 9.17) is 5.73 Å². The van der Waals surface area contributed by atoms with Gasteiger partial charge in [0.25, 0.3) is 0 Å². The van der Waals surface area contributed by atoms with Crippen LogP contribution in [0.3, 0.4) is 0 Å². The summed E-state index contributed by atoms with van der Waals surface area (Å²) in [6.07, 6.45) is 0. The largest absolute Gasteiger partial charge is 0.399 e. The lowest BCUT2D eigenvalue weighted by Crippen LogP contribution is -1.79. The van der Waals surface area contributed by atoms with Gasteiger partial charge in [0.05, 0.1) is 0 Å². The van der Waals surface area contributed by atoms with Crippen LogP contribution in [-0.4, -0.2) is 23.1 Å². The van der Waals surface area contributed by atoms with Crippen LogP contribution in [0.15, 0.2) is 30.3 Å². The molecule has 0 heterocycles. The third-order valence-electron chi connectivity index (χ3n) is 0.800. The summed E-state index contributed by atoms with van der Waals surface area (Å²) in [5.74, 6) is 0. The van der Waals surface area contributed by atoms with E-state index in [9.17, 15) is 0 Å². The molecule has 38 valence electrons. The fourth-order valence-electron chi connectivity index (χ4n) is 0.453. The highest BCUT2D eigenvalue weighted by atomic mass is 24.3. The summed E-state index contributed by atoms with van der Waals surface area (Å²) in [6, 6.07) is 9.49. The molecule has 0 atom stereocenters. The van der Waals surface area contributed by atoms with Crippen LogP contribution in [0.2, 0.25) is 0 Å². The highest BCUT2D eigenvalue weighted by Gasteiger charge is 1.72. The number of rotatable bonds is 0. The minimum Gasteiger partial charge on any atom is -0.399 e. The van der Waals surface area contributed by atoms with Gasteiger partial charge in [0.15, 0.2) is 0 Å². The van der Waals surface area contributed by atoms with Crippen molar-refractivity contribution in [3.05, 3.63) is 30.3 Å². The second kappa shape index (κ2) is 3.75. The molecule has 0 unspecified atom stereocenters. The molecule has 0 aromatic heterocycles. The van der Waals surface area contributed by atoms with E-state index >= 15 is 0 Å². The molecule has 1 rings (SSSR count). The van der Waals surface area contributed by atoms with Crippen LogP contribution in [0, 0.1) is 0 Å². The van der Waals surface area contributed by atoms with E-state index in [1.165, 1.54) is 0 Å². The van der Waals surface area contributed by atoms with Crippen molar-refractivity contribution >= 4 is 28.7 Å². The Morgan fingerprint density at radius 3 is 1.75 bits per heavy atom. The van der Waals surface area contributed by atoms with Crippen molar-refractivity contribution in [3.8, 4) is 0 Å². The van der Waals surface area contributed by atoms with E-state index in [0.29, 0.717) is 0 Å². The Morgan fingerprint density at radius 2 is 1.50 bits per heavy atom. The molecular formula is C6H7MgN. The smallest absolute Gasteiger partial charge is 0.0313 e. The summed E-state index contributed by atoms with van der Waals surface area (Å²) in [5.41, 5.74) is 6.18. The Bertz CT molecular complexity index is 138. The quantitative estimate of drug-likeness (QED) is 0.396. The number of para-hydroxylation sites is 1. The van der Waals surface area contributed by atoms with E-state index in [1.54, 1.807) is 0 Å². The Balaban J connectivity index is 0.000000490. The molecule has 0 aliphatic rings. The second-order valence-corrected chi connectivity index (χ2v) is 1.41. The molecule has 2 heteroatoms. The summed E-state index contributed by atoms with van der Waals surface area (Å²) in [4.78, 5) is 0. The standard InChI is InChI=1S/C6H7N.Mg/c7-6-4-2-1-3-5-6;/h1-5H,7H2;. The van der Waals surface area contributed by atoms with Crippen LogP contribution in [0.4, 0.5) is 5.69 Å². The van der Waals surface area contributed by atoms with Crippen LogP contribution in [-0.2, 0) is 0 Å². The normalized spacial score (nSPS) is 7.50. The highest BCUT2D eigenvalue weighted by Crippen LogP contribution is 1.95. The van der Waals surface area contributed by atoms with Crippen LogP contribution in [0.5, 0.6) is 0 Å². The van der Waals surface area contributed by atoms with Gasteiger partial charge in [-0.15, -0.1) is 0 Å². The molecule has 1 nitrogen and oxygen atoms in total. The Morgan fingerprint density at radius 1 is 1.00 bits per heavy atom. The monoisotopic (exact) mass is 117 g/mol. The zero-order valence-corrected chi connectivity index (χ0v) is 6.09. The van der Waals surface area contributed by atoms with Gasteiger partial charge in [-0.05, 0) is 12.1 Å². The molecule has 0 amide bonds. The average Bonchev–Trinajstić information content (AvgIpc) is 1.69. The zero-order valence-electron chi connectivity index (χ0n) is 4.67. The maximum atomic E-state index is 5.36.